The largest absolute Gasteiger partial charge is 0.497 e. The maximum Gasteiger partial charge on any atom is 0.260 e. The van der Waals surface area contributed by atoms with Gasteiger partial charge in [-0.1, -0.05) is 25.2 Å². The second kappa shape index (κ2) is 10.8. The minimum Gasteiger partial charge on any atom is -0.497 e. The van der Waals surface area contributed by atoms with E-state index in [-0.39, 0.29) is 5.91 Å². The first kappa shape index (κ1) is 23.4. The van der Waals surface area contributed by atoms with Gasteiger partial charge in [-0.3, -0.25) is 9.69 Å². The first-order valence-corrected chi connectivity index (χ1v) is 12.3. The highest BCUT2D eigenvalue weighted by Gasteiger charge is 2.23. The predicted molar refractivity (Wildman–Crippen MR) is 130 cm³/mol. The predicted octanol–water partition coefficient (Wildman–Crippen LogP) is 5.02. The average Bonchev–Trinajstić information content (AvgIpc) is 3.23. The molecule has 31 heavy (non-hydrogen) atoms. The highest BCUT2D eigenvalue weighted by molar-refractivity contribution is 7.98. The fraction of sp³-hybridized carbons (Fsp3) is 0.391. The zero-order valence-corrected chi connectivity index (χ0v) is 20.3. The van der Waals surface area contributed by atoms with Gasteiger partial charge >= 0.3 is 0 Å². The van der Waals surface area contributed by atoms with Gasteiger partial charge in [-0.25, -0.2) is 4.98 Å². The Balaban J connectivity index is 2.01. The van der Waals surface area contributed by atoms with Crippen LogP contribution < -0.4 is 14.4 Å². The highest BCUT2D eigenvalue weighted by atomic mass is 32.2. The molecule has 0 N–H and O–H groups in total. The van der Waals surface area contributed by atoms with Crippen molar-refractivity contribution in [1.82, 2.24) is 9.88 Å². The molecule has 0 saturated heterocycles. The van der Waals surface area contributed by atoms with Crippen molar-refractivity contribution in [3.8, 4) is 11.5 Å². The summed E-state index contributed by atoms with van der Waals surface area (Å²) in [6.45, 7) is 7.44. The molecule has 0 radical (unpaired) electrons. The lowest BCUT2D eigenvalue weighted by atomic mass is 10.1. The van der Waals surface area contributed by atoms with Gasteiger partial charge in [0.15, 0.2) is 5.13 Å². The van der Waals surface area contributed by atoms with Crippen molar-refractivity contribution in [2.45, 2.75) is 18.7 Å². The summed E-state index contributed by atoms with van der Waals surface area (Å²) < 4.78 is 11.8. The average molecular weight is 460 g/mol. The number of carbonyl (C=O) groups is 1. The Morgan fingerprint density at radius 1 is 1.03 bits per heavy atom. The molecular weight excluding hydrogens is 430 g/mol. The summed E-state index contributed by atoms with van der Waals surface area (Å²) in [6, 6.07) is 11.5. The molecule has 3 rings (SSSR count). The summed E-state index contributed by atoms with van der Waals surface area (Å²) in [5.41, 5.74) is 1.42. The Kier molecular flexibility index (Phi) is 8.17. The number of nitrogens with zero attached hydrogens (tertiary/aromatic N) is 3. The van der Waals surface area contributed by atoms with Gasteiger partial charge in [-0.15, -0.1) is 11.8 Å². The fourth-order valence-corrected chi connectivity index (χ4v) is 4.83. The third-order valence-electron chi connectivity index (χ3n) is 5.19. The zero-order valence-electron chi connectivity index (χ0n) is 18.7. The van der Waals surface area contributed by atoms with Gasteiger partial charge < -0.3 is 14.4 Å². The smallest absolute Gasteiger partial charge is 0.260 e. The quantitative estimate of drug-likeness (QED) is 0.397. The lowest BCUT2D eigenvalue weighted by Gasteiger charge is -2.25. The number of rotatable bonds is 10. The normalized spacial score (nSPS) is 11.2. The van der Waals surface area contributed by atoms with Gasteiger partial charge in [-0.05, 0) is 49.7 Å². The Labute approximate surface area is 192 Å². The van der Waals surface area contributed by atoms with E-state index in [1.807, 2.05) is 6.07 Å². The van der Waals surface area contributed by atoms with Crippen LogP contribution in [0.1, 0.15) is 24.2 Å². The van der Waals surface area contributed by atoms with Crippen LogP contribution in [0, 0.1) is 0 Å². The number of hydrogen-bond donors (Lipinski definition) is 0. The van der Waals surface area contributed by atoms with Crippen LogP contribution in [0.25, 0.3) is 10.2 Å². The van der Waals surface area contributed by atoms with Crippen LogP contribution in [0.2, 0.25) is 0 Å². The molecule has 0 atom stereocenters. The number of likely N-dealkylation sites (N-methyl/N-ethyl adjacent to an activating group) is 1. The van der Waals surface area contributed by atoms with Crippen LogP contribution in [-0.4, -0.2) is 62.4 Å². The van der Waals surface area contributed by atoms with Crippen LogP contribution in [0.15, 0.2) is 41.3 Å². The van der Waals surface area contributed by atoms with Gasteiger partial charge in [0, 0.05) is 29.6 Å². The molecule has 8 heteroatoms. The van der Waals surface area contributed by atoms with Crippen molar-refractivity contribution < 1.29 is 14.3 Å². The molecule has 0 spiro atoms. The van der Waals surface area contributed by atoms with Crippen molar-refractivity contribution in [2.24, 2.45) is 0 Å². The molecule has 6 nitrogen and oxygen atoms in total. The molecule has 0 bridgehead atoms. The van der Waals surface area contributed by atoms with E-state index in [0.29, 0.717) is 28.7 Å². The van der Waals surface area contributed by atoms with E-state index in [4.69, 9.17) is 14.5 Å². The number of anilines is 1. The summed E-state index contributed by atoms with van der Waals surface area (Å²) >= 11 is 3.24. The monoisotopic (exact) mass is 459 g/mol. The molecule has 0 unspecified atom stereocenters. The number of thiazole rings is 1. The molecule has 0 aliphatic carbocycles. The fourth-order valence-electron chi connectivity index (χ4n) is 3.29. The third kappa shape index (κ3) is 5.50. The number of fused-ring (bicyclic) bond motifs is 1. The first-order valence-electron chi connectivity index (χ1n) is 10.2. The second-order valence-electron chi connectivity index (χ2n) is 6.92. The van der Waals surface area contributed by atoms with E-state index >= 15 is 0 Å². The molecule has 3 aromatic rings. The van der Waals surface area contributed by atoms with Crippen molar-refractivity contribution in [3.63, 3.8) is 0 Å². The van der Waals surface area contributed by atoms with Gasteiger partial charge in [0.25, 0.3) is 5.91 Å². The molecule has 2 aromatic carbocycles. The van der Waals surface area contributed by atoms with E-state index in [1.165, 1.54) is 4.90 Å². The summed E-state index contributed by atoms with van der Waals surface area (Å²) in [5, 5.41) is 0.701. The van der Waals surface area contributed by atoms with Crippen molar-refractivity contribution in [3.05, 3.63) is 42.0 Å². The van der Waals surface area contributed by atoms with Crippen molar-refractivity contribution >= 4 is 44.4 Å². The van der Waals surface area contributed by atoms with Crippen LogP contribution in [0.3, 0.4) is 0 Å². The number of amides is 1. The maximum absolute atomic E-state index is 13.6. The Hall–Kier alpha value is -2.29. The summed E-state index contributed by atoms with van der Waals surface area (Å²) in [4.78, 5) is 23.7. The summed E-state index contributed by atoms with van der Waals surface area (Å²) in [5.74, 6) is 1.05. The zero-order chi connectivity index (χ0) is 22.4. The van der Waals surface area contributed by atoms with E-state index in [1.54, 1.807) is 60.4 Å². The number of hydrogen-bond acceptors (Lipinski definition) is 7. The number of carbonyl (C=O) groups excluding carboxylic acids is 1. The highest BCUT2D eigenvalue weighted by Crippen LogP contribution is 2.33. The van der Waals surface area contributed by atoms with Gasteiger partial charge in [0.05, 0.1) is 24.4 Å². The maximum atomic E-state index is 13.6. The molecule has 1 heterocycles. The van der Waals surface area contributed by atoms with Crippen LogP contribution in [0.4, 0.5) is 5.13 Å². The van der Waals surface area contributed by atoms with Crippen molar-refractivity contribution in [1.29, 1.82) is 0 Å². The van der Waals surface area contributed by atoms with Crippen LogP contribution in [-0.2, 0) is 0 Å². The molecule has 0 aliphatic rings. The standard InChI is InChI=1S/C23H29N3O3S2/c1-6-25(7-2)10-11-26(22(27)16-12-17(28-3)14-18(13-16)29-4)23-24-20-9-8-19(30-5)15-21(20)31-23/h8-9,12-15H,6-7,10-11H2,1-5H3. The summed E-state index contributed by atoms with van der Waals surface area (Å²) in [7, 11) is 3.16. The SMILES string of the molecule is CCN(CC)CCN(C(=O)c1cc(OC)cc(OC)c1)c1nc2ccc(SC)cc2s1. The van der Waals surface area contributed by atoms with Crippen LogP contribution >= 0.6 is 23.1 Å². The Morgan fingerprint density at radius 2 is 1.71 bits per heavy atom. The molecule has 0 fully saturated rings. The molecule has 1 amide bonds. The number of methoxy groups -OCH3 is 2. The molecule has 0 aliphatic heterocycles. The molecule has 1 aromatic heterocycles. The molecule has 166 valence electrons. The number of aromatic nitrogens is 1. The second-order valence-corrected chi connectivity index (χ2v) is 8.80. The van der Waals surface area contributed by atoms with Gasteiger partial charge in [0.1, 0.15) is 11.5 Å². The van der Waals surface area contributed by atoms with E-state index in [2.05, 4.69) is 37.1 Å². The van der Waals surface area contributed by atoms with E-state index < -0.39 is 0 Å². The third-order valence-corrected chi connectivity index (χ3v) is 6.96. The topological polar surface area (TPSA) is 54.9 Å². The minimum atomic E-state index is -0.117. The van der Waals surface area contributed by atoms with E-state index in [0.717, 1.165) is 29.9 Å². The number of thioether (sulfide) groups is 1. The van der Waals surface area contributed by atoms with Gasteiger partial charge in [-0.2, -0.15) is 0 Å². The number of benzene rings is 2. The molecular formula is C23H29N3O3S2. The summed E-state index contributed by atoms with van der Waals surface area (Å²) in [6.07, 6.45) is 2.05. The van der Waals surface area contributed by atoms with Gasteiger partial charge in [0.2, 0.25) is 0 Å². The lowest BCUT2D eigenvalue weighted by Crippen LogP contribution is -2.38. The molecule has 0 saturated carbocycles. The Morgan fingerprint density at radius 3 is 2.29 bits per heavy atom. The Bertz CT molecular complexity index is 1010. The van der Waals surface area contributed by atoms with E-state index in [9.17, 15) is 4.79 Å². The van der Waals surface area contributed by atoms with Crippen LogP contribution in [0.5, 0.6) is 11.5 Å². The van der Waals surface area contributed by atoms with Crippen molar-refractivity contribution in [2.75, 3.05) is 51.6 Å². The minimum absolute atomic E-state index is 0.117. The number of ether oxygens (including phenoxy) is 2. The lowest BCUT2D eigenvalue weighted by molar-refractivity contribution is 0.0983. The first-order chi connectivity index (χ1) is 15.0.